The topological polar surface area (TPSA) is 51.0 Å². The fourth-order valence-corrected chi connectivity index (χ4v) is 2.90. The molecule has 2 unspecified atom stereocenters. The molecule has 0 spiro atoms. The first kappa shape index (κ1) is 10.9. The molecule has 1 saturated heterocycles. The minimum absolute atomic E-state index is 0.213. The highest BCUT2D eigenvalue weighted by molar-refractivity contribution is 7.13. The Labute approximate surface area is 104 Å². The molecule has 0 radical (unpaired) electrons. The standard InChI is InChI=1S/C12H15N3OS/c1-8-4-2-6-13-10(8)12-14-11(15-16-12)9-5-3-7-17-9/h3,5,7-8,10,13H,2,4,6H2,1H3. The summed E-state index contributed by atoms with van der Waals surface area (Å²) in [5.41, 5.74) is 0. The zero-order chi connectivity index (χ0) is 11.7. The first-order valence-corrected chi connectivity index (χ1v) is 6.83. The molecule has 0 aromatic carbocycles. The average molecular weight is 249 g/mol. The molecule has 2 aromatic heterocycles. The van der Waals surface area contributed by atoms with Crippen molar-refractivity contribution in [3.63, 3.8) is 0 Å². The van der Waals surface area contributed by atoms with Gasteiger partial charge in [0.05, 0.1) is 10.9 Å². The third-order valence-corrected chi connectivity index (χ3v) is 4.08. The van der Waals surface area contributed by atoms with Crippen LogP contribution in [0.25, 0.3) is 10.7 Å². The second kappa shape index (κ2) is 4.58. The van der Waals surface area contributed by atoms with E-state index in [0.29, 0.717) is 11.7 Å². The van der Waals surface area contributed by atoms with Crippen LogP contribution in [0.4, 0.5) is 0 Å². The molecule has 17 heavy (non-hydrogen) atoms. The van der Waals surface area contributed by atoms with Gasteiger partial charge in [0.15, 0.2) is 0 Å². The fourth-order valence-electron chi connectivity index (χ4n) is 2.25. The van der Waals surface area contributed by atoms with Crippen molar-refractivity contribution in [3.8, 4) is 10.7 Å². The molecule has 2 aromatic rings. The molecule has 0 bridgehead atoms. The number of aromatic nitrogens is 2. The SMILES string of the molecule is CC1CCCNC1c1nc(-c2cccs2)no1. The molecule has 3 heterocycles. The number of hydrogen-bond acceptors (Lipinski definition) is 5. The van der Waals surface area contributed by atoms with Crippen LogP contribution >= 0.6 is 11.3 Å². The zero-order valence-electron chi connectivity index (χ0n) is 9.72. The second-order valence-corrected chi connectivity index (χ2v) is 5.43. The maximum atomic E-state index is 5.38. The van der Waals surface area contributed by atoms with Crippen molar-refractivity contribution < 1.29 is 4.52 Å². The minimum atomic E-state index is 0.213. The fraction of sp³-hybridized carbons (Fsp3) is 0.500. The lowest BCUT2D eigenvalue weighted by Crippen LogP contribution is -2.33. The maximum Gasteiger partial charge on any atom is 0.244 e. The summed E-state index contributed by atoms with van der Waals surface area (Å²) in [7, 11) is 0. The van der Waals surface area contributed by atoms with Crippen LogP contribution < -0.4 is 5.32 Å². The highest BCUT2D eigenvalue weighted by atomic mass is 32.1. The third-order valence-electron chi connectivity index (χ3n) is 3.22. The van der Waals surface area contributed by atoms with Crippen molar-refractivity contribution in [1.29, 1.82) is 0 Å². The van der Waals surface area contributed by atoms with Crippen LogP contribution in [0.5, 0.6) is 0 Å². The molecular formula is C12H15N3OS. The van der Waals surface area contributed by atoms with Crippen LogP contribution in [-0.2, 0) is 0 Å². The van der Waals surface area contributed by atoms with E-state index in [2.05, 4.69) is 22.4 Å². The van der Waals surface area contributed by atoms with E-state index >= 15 is 0 Å². The normalized spacial score (nSPS) is 25.0. The Kier molecular flexibility index (Phi) is 2.94. The number of thiophene rings is 1. The second-order valence-electron chi connectivity index (χ2n) is 4.48. The Morgan fingerprint density at radius 3 is 3.24 bits per heavy atom. The van der Waals surface area contributed by atoms with Crippen molar-refractivity contribution >= 4 is 11.3 Å². The van der Waals surface area contributed by atoms with Crippen molar-refractivity contribution in [2.75, 3.05) is 6.54 Å². The number of nitrogens with one attached hydrogen (secondary N) is 1. The van der Waals surface area contributed by atoms with Crippen molar-refractivity contribution in [1.82, 2.24) is 15.5 Å². The summed E-state index contributed by atoms with van der Waals surface area (Å²) in [6.07, 6.45) is 2.44. The van der Waals surface area contributed by atoms with E-state index in [1.807, 2.05) is 17.5 Å². The molecule has 0 amide bonds. The zero-order valence-corrected chi connectivity index (χ0v) is 10.5. The summed E-state index contributed by atoms with van der Waals surface area (Å²) < 4.78 is 5.38. The Bertz CT molecular complexity index is 480. The lowest BCUT2D eigenvalue weighted by molar-refractivity contribution is 0.239. The van der Waals surface area contributed by atoms with Crippen LogP contribution in [0.3, 0.4) is 0 Å². The number of hydrogen-bond donors (Lipinski definition) is 1. The first-order chi connectivity index (χ1) is 8.34. The van der Waals surface area contributed by atoms with Crippen LogP contribution in [0.1, 0.15) is 31.7 Å². The van der Waals surface area contributed by atoms with E-state index in [1.54, 1.807) is 11.3 Å². The van der Waals surface area contributed by atoms with Crippen LogP contribution in [-0.4, -0.2) is 16.7 Å². The maximum absolute atomic E-state index is 5.38. The van der Waals surface area contributed by atoms with E-state index in [0.717, 1.165) is 17.3 Å². The van der Waals surface area contributed by atoms with Gasteiger partial charge in [0, 0.05) is 0 Å². The lowest BCUT2D eigenvalue weighted by atomic mass is 9.93. The number of nitrogens with zero attached hydrogens (tertiary/aromatic N) is 2. The molecule has 1 N–H and O–H groups in total. The van der Waals surface area contributed by atoms with Gasteiger partial charge in [-0.15, -0.1) is 11.3 Å². The van der Waals surface area contributed by atoms with E-state index in [9.17, 15) is 0 Å². The molecule has 90 valence electrons. The quantitative estimate of drug-likeness (QED) is 0.889. The monoisotopic (exact) mass is 249 g/mol. The Morgan fingerprint density at radius 1 is 1.53 bits per heavy atom. The Balaban J connectivity index is 1.84. The van der Waals surface area contributed by atoms with Gasteiger partial charge in [0.2, 0.25) is 11.7 Å². The molecule has 5 heteroatoms. The van der Waals surface area contributed by atoms with Crippen molar-refractivity contribution in [3.05, 3.63) is 23.4 Å². The summed E-state index contributed by atoms with van der Waals surface area (Å²) >= 11 is 1.63. The van der Waals surface area contributed by atoms with Crippen molar-refractivity contribution in [2.24, 2.45) is 5.92 Å². The van der Waals surface area contributed by atoms with E-state index in [1.165, 1.54) is 12.8 Å². The van der Waals surface area contributed by atoms with Gasteiger partial charge in [0.1, 0.15) is 0 Å². The molecule has 4 nitrogen and oxygen atoms in total. The molecular weight excluding hydrogens is 234 g/mol. The molecule has 1 aliphatic rings. The minimum Gasteiger partial charge on any atom is -0.337 e. The van der Waals surface area contributed by atoms with Gasteiger partial charge in [-0.3, -0.25) is 0 Å². The summed E-state index contributed by atoms with van der Waals surface area (Å²) in [6, 6.07) is 4.22. The lowest BCUT2D eigenvalue weighted by Gasteiger charge is -2.26. The van der Waals surface area contributed by atoms with Crippen LogP contribution in [0, 0.1) is 5.92 Å². The molecule has 2 atom stereocenters. The van der Waals surface area contributed by atoms with E-state index < -0.39 is 0 Å². The molecule has 0 saturated carbocycles. The largest absolute Gasteiger partial charge is 0.337 e. The van der Waals surface area contributed by atoms with Gasteiger partial charge >= 0.3 is 0 Å². The smallest absolute Gasteiger partial charge is 0.244 e. The van der Waals surface area contributed by atoms with Gasteiger partial charge in [-0.1, -0.05) is 18.1 Å². The highest BCUT2D eigenvalue weighted by Gasteiger charge is 2.27. The molecule has 0 aliphatic carbocycles. The molecule has 1 fully saturated rings. The number of rotatable bonds is 2. The predicted molar refractivity (Wildman–Crippen MR) is 66.8 cm³/mol. The number of piperidine rings is 1. The summed E-state index contributed by atoms with van der Waals surface area (Å²) in [5.74, 6) is 1.98. The summed E-state index contributed by atoms with van der Waals surface area (Å²) in [4.78, 5) is 5.56. The summed E-state index contributed by atoms with van der Waals surface area (Å²) in [5, 5.41) is 9.52. The van der Waals surface area contributed by atoms with Gasteiger partial charge in [-0.25, -0.2) is 0 Å². The molecule has 1 aliphatic heterocycles. The summed E-state index contributed by atoms with van der Waals surface area (Å²) in [6.45, 7) is 3.26. The van der Waals surface area contributed by atoms with E-state index in [4.69, 9.17) is 4.52 Å². The van der Waals surface area contributed by atoms with Gasteiger partial charge in [-0.05, 0) is 36.8 Å². The van der Waals surface area contributed by atoms with Gasteiger partial charge in [0.25, 0.3) is 0 Å². The highest BCUT2D eigenvalue weighted by Crippen LogP contribution is 2.29. The van der Waals surface area contributed by atoms with Gasteiger partial charge < -0.3 is 9.84 Å². The Hall–Kier alpha value is -1.20. The third kappa shape index (κ3) is 2.12. The molecule has 3 rings (SSSR count). The first-order valence-electron chi connectivity index (χ1n) is 5.95. The van der Waals surface area contributed by atoms with Crippen LogP contribution in [0.2, 0.25) is 0 Å². The average Bonchev–Trinajstić information content (AvgIpc) is 3.00. The van der Waals surface area contributed by atoms with Crippen molar-refractivity contribution in [2.45, 2.75) is 25.8 Å². The Morgan fingerprint density at radius 2 is 2.47 bits per heavy atom. The van der Waals surface area contributed by atoms with Gasteiger partial charge in [-0.2, -0.15) is 4.98 Å². The predicted octanol–water partition coefficient (Wildman–Crippen LogP) is 2.86. The van der Waals surface area contributed by atoms with E-state index in [-0.39, 0.29) is 6.04 Å². The van der Waals surface area contributed by atoms with Crippen LogP contribution in [0.15, 0.2) is 22.0 Å².